The van der Waals surface area contributed by atoms with Crippen LogP contribution in [0.5, 0.6) is 0 Å². The van der Waals surface area contributed by atoms with E-state index in [1.54, 1.807) is 0 Å². The van der Waals surface area contributed by atoms with E-state index in [4.69, 9.17) is 9.84 Å². The van der Waals surface area contributed by atoms with Crippen molar-refractivity contribution in [2.75, 3.05) is 19.8 Å². The Labute approximate surface area is 118 Å². The first-order valence-corrected chi connectivity index (χ1v) is 6.57. The summed E-state index contributed by atoms with van der Waals surface area (Å²) in [5, 5.41) is 11.5. The van der Waals surface area contributed by atoms with Gasteiger partial charge in [-0.3, -0.25) is 4.79 Å². The van der Waals surface area contributed by atoms with Crippen molar-refractivity contribution in [2.24, 2.45) is 5.92 Å². The van der Waals surface area contributed by atoms with Crippen LogP contribution in [0.2, 0.25) is 0 Å². The Morgan fingerprint density at radius 3 is 2.90 bits per heavy atom. The van der Waals surface area contributed by atoms with Gasteiger partial charge in [-0.2, -0.15) is 0 Å². The van der Waals surface area contributed by atoms with Crippen molar-refractivity contribution < 1.29 is 27.8 Å². The van der Waals surface area contributed by atoms with Crippen LogP contribution in [-0.4, -0.2) is 36.5 Å². The normalized spacial score (nSPS) is 35.4. The molecule has 0 spiro atoms. The van der Waals surface area contributed by atoms with Gasteiger partial charge in [0.1, 0.15) is 0 Å². The van der Waals surface area contributed by atoms with E-state index in [2.05, 4.69) is 5.32 Å². The SMILES string of the molecule is O=C1N[C@@]2(c3cccc(F)c3F)COC[C@H]2CC1(F)CO. The van der Waals surface area contributed by atoms with Gasteiger partial charge in [-0.25, -0.2) is 13.2 Å². The summed E-state index contributed by atoms with van der Waals surface area (Å²) in [6.45, 7) is -0.926. The molecule has 0 aliphatic carbocycles. The monoisotopic (exact) mass is 301 g/mol. The molecule has 2 aliphatic rings. The zero-order valence-corrected chi connectivity index (χ0v) is 11.0. The molecule has 2 N–H and O–H groups in total. The molecule has 4 nitrogen and oxygen atoms in total. The molecule has 1 aromatic carbocycles. The molecule has 114 valence electrons. The maximum atomic E-state index is 14.3. The molecular formula is C14H14F3NO3. The van der Waals surface area contributed by atoms with Gasteiger partial charge in [-0.1, -0.05) is 12.1 Å². The van der Waals surface area contributed by atoms with Gasteiger partial charge < -0.3 is 15.2 Å². The van der Waals surface area contributed by atoms with E-state index in [0.717, 1.165) is 6.07 Å². The van der Waals surface area contributed by atoms with Crippen molar-refractivity contribution in [2.45, 2.75) is 17.6 Å². The summed E-state index contributed by atoms with van der Waals surface area (Å²) >= 11 is 0. The van der Waals surface area contributed by atoms with Crippen molar-refractivity contribution in [3.05, 3.63) is 35.4 Å². The molecular weight excluding hydrogens is 287 g/mol. The molecule has 3 atom stereocenters. The maximum Gasteiger partial charge on any atom is 0.260 e. The minimum atomic E-state index is -2.42. The third kappa shape index (κ3) is 1.95. The topological polar surface area (TPSA) is 58.6 Å². The van der Waals surface area contributed by atoms with Crippen LogP contribution in [-0.2, 0) is 15.1 Å². The van der Waals surface area contributed by atoms with Gasteiger partial charge in [0.2, 0.25) is 5.67 Å². The van der Waals surface area contributed by atoms with Gasteiger partial charge in [0, 0.05) is 17.9 Å². The number of piperidine rings is 1. The average molecular weight is 301 g/mol. The van der Waals surface area contributed by atoms with E-state index < -0.39 is 41.3 Å². The number of carbonyl (C=O) groups excluding carboxylic acids is 1. The molecule has 0 aromatic heterocycles. The summed E-state index contributed by atoms with van der Waals surface area (Å²) in [4.78, 5) is 11.9. The number of fused-ring (bicyclic) bond motifs is 1. The largest absolute Gasteiger partial charge is 0.392 e. The Balaban J connectivity index is 2.08. The van der Waals surface area contributed by atoms with E-state index in [9.17, 15) is 18.0 Å². The Morgan fingerprint density at radius 2 is 2.19 bits per heavy atom. The highest BCUT2D eigenvalue weighted by Crippen LogP contribution is 2.45. The molecule has 2 heterocycles. The number of carbonyl (C=O) groups is 1. The zero-order chi connectivity index (χ0) is 15.3. The summed E-state index contributed by atoms with van der Waals surface area (Å²) < 4.78 is 47.1. The van der Waals surface area contributed by atoms with E-state index in [1.165, 1.54) is 12.1 Å². The first-order valence-electron chi connectivity index (χ1n) is 6.57. The number of aliphatic hydroxyl groups is 1. The van der Waals surface area contributed by atoms with Gasteiger partial charge in [0.15, 0.2) is 11.6 Å². The molecule has 1 aromatic rings. The predicted octanol–water partition coefficient (Wildman–Crippen LogP) is 1.03. The molecule has 0 saturated carbocycles. The highest BCUT2D eigenvalue weighted by atomic mass is 19.2. The lowest BCUT2D eigenvalue weighted by molar-refractivity contribution is -0.145. The molecule has 2 aliphatic heterocycles. The van der Waals surface area contributed by atoms with Crippen molar-refractivity contribution in [1.82, 2.24) is 5.32 Å². The van der Waals surface area contributed by atoms with Crippen LogP contribution in [0, 0.1) is 17.6 Å². The minimum absolute atomic E-state index is 0.0571. The van der Waals surface area contributed by atoms with Crippen LogP contribution in [0.1, 0.15) is 12.0 Å². The second-order valence-corrected chi connectivity index (χ2v) is 5.57. The Kier molecular flexibility index (Phi) is 3.22. The number of nitrogens with one attached hydrogen (secondary N) is 1. The number of hydrogen-bond donors (Lipinski definition) is 2. The number of halogens is 3. The Bertz CT molecular complexity index is 597. The lowest BCUT2D eigenvalue weighted by Gasteiger charge is -2.43. The van der Waals surface area contributed by atoms with E-state index >= 15 is 0 Å². The quantitative estimate of drug-likeness (QED) is 0.858. The lowest BCUT2D eigenvalue weighted by atomic mass is 9.71. The van der Waals surface area contributed by atoms with Crippen LogP contribution in [0.25, 0.3) is 0 Å². The zero-order valence-electron chi connectivity index (χ0n) is 11.0. The third-order valence-electron chi connectivity index (χ3n) is 4.34. The molecule has 21 heavy (non-hydrogen) atoms. The van der Waals surface area contributed by atoms with E-state index in [-0.39, 0.29) is 25.2 Å². The fraction of sp³-hybridized carbons (Fsp3) is 0.500. The number of rotatable bonds is 2. The summed E-state index contributed by atoms with van der Waals surface area (Å²) in [6.07, 6.45) is -0.300. The number of amides is 1. The fourth-order valence-electron chi connectivity index (χ4n) is 3.14. The molecule has 1 unspecified atom stereocenters. The van der Waals surface area contributed by atoms with Crippen LogP contribution in [0.15, 0.2) is 18.2 Å². The highest BCUT2D eigenvalue weighted by molar-refractivity contribution is 5.87. The minimum Gasteiger partial charge on any atom is -0.392 e. The first kappa shape index (κ1) is 14.3. The Hall–Kier alpha value is -1.60. The van der Waals surface area contributed by atoms with E-state index in [1.807, 2.05) is 0 Å². The molecule has 2 fully saturated rings. The number of aliphatic hydroxyl groups excluding tert-OH is 1. The summed E-state index contributed by atoms with van der Waals surface area (Å²) in [5.74, 6) is -3.73. The number of benzene rings is 1. The summed E-state index contributed by atoms with van der Waals surface area (Å²) in [6, 6.07) is 3.65. The molecule has 0 bridgehead atoms. The average Bonchev–Trinajstić information content (AvgIpc) is 2.85. The first-order chi connectivity index (χ1) is 9.93. The molecule has 1 amide bonds. The highest BCUT2D eigenvalue weighted by Gasteiger charge is 2.58. The van der Waals surface area contributed by atoms with Crippen LogP contribution in [0.4, 0.5) is 13.2 Å². The fourth-order valence-corrected chi connectivity index (χ4v) is 3.14. The summed E-state index contributed by atoms with van der Waals surface area (Å²) in [7, 11) is 0. The van der Waals surface area contributed by atoms with Gasteiger partial charge in [0.25, 0.3) is 5.91 Å². The third-order valence-corrected chi connectivity index (χ3v) is 4.34. The molecule has 0 radical (unpaired) electrons. The lowest BCUT2D eigenvalue weighted by Crippen LogP contribution is -2.64. The van der Waals surface area contributed by atoms with Gasteiger partial charge in [0.05, 0.1) is 25.4 Å². The standard InChI is InChI=1S/C14H14F3NO3/c15-10-3-1-2-9(11(10)16)14-7-21-5-8(14)4-13(17,6-19)12(20)18-14/h1-3,8,19H,4-7H2,(H,18,20)/t8-,13?,14+/m1/s1. The number of ether oxygens (including phenoxy) is 1. The number of alkyl halides is 1. The van der Waals surface area contributed by atoms with Crippen molar-refractivity contribution >= 4 is 5.91 Å². The van der Waals surface area contributed by atoms with Gasteiger partial charge in [-0.05, 0) is 6.07 Å². The maximum absolute atomic E-state index is 14.3. The van der Waals surface area contributed by atoms with Crippen molar-refractivity contribution in [3.63, 3.8) is 0 Å². The number of hydrogen-bond acceptors (Lipinski definition) is 3. The smallest absolute Gasteiger partial charge is 0.260 e. The van der Waals surface area contributed by atoms with Gasteiger partial charge >= 0.3 is 0 Å². The molecule has 2 saturated heterocycles. The van der Waals surface area contributed by atoms with Crippen LogP contribution < -0.4 is 5.32 Å². The second kappa shape index (κ2) is 4.71. The van der Waals surface area contributed by atoms with Crippen LogP contribution in [0.3, 0.4) is 0 Å². The van der Waals surface area contributed by atoms with Crippen molar-refractivity contribution in [1.29, 1.82) is 0 Å². The van der Waals surface area contributed by atoms with E-state index in [0.29, 0.717) is 0 Å². The summed E-state index contributed by atoms with van der Waals surface area (Å²) in [5.41, 5.74) is -3.78. The van der Waals surface area contributed by atoms with Crippen LogP contribution >= 0.6 is 0 Å². The van der Waals surface area contributed by atoms with Gasteiger partial charge in [-0.15, -0.1) is 0 Å². The molecule has 3 rings (SSSR count). The van der Waals surface area contributed by atoms with Crippen molar-refractivity contribution in [3.8, 4) is 0 Å². The Morgan fingerprint density at radius 1 is 1.43 bits per heavy atom. The second-order valence-electron chi connectivity index (χ2n) is 5.57. The predicted molar refractivity (Wildman–Crippen MR) is 66.0 cm³/mol. The molecule has 7 heteroatoms.